The van der Waals surface area contributed by atoms with Crippen LogP contribution in [0, 0.1) is 0 Å². The van der Waals surface area contributed by atoms with Crippen molar-refractivity contribution >= 4 is 11.9 Å². The molecule has 0 saturated carbocycles. The highest BCUT2D eigenvalue weighted by Gasteiger charge is 2.30. The van der Waals surface area contributed by atoms with Gasteiger partial charge < -0.3 is 14.1 Å². The van der Waals surface area contributed by atoms with Crippen LogP contribution in [0.25, 0.3) is 11.3 Å². The lowest BCUT2D eigenvalue weighted by Gasteiger charge is -2.15. The van der Waals surface area contributed by atoms with Crippen LogP contribution in [0.2, 0.25) is 0 Å². The molecule has 1 heterocycles. The number of amides is 1. The van der Waals surface area contributed by atoms with E-state index in [-0.39, 0.29) is 29.5 Å². The molecular formula is C18H18F3NO4. The molecule has 0 aliphatic carbocycles. The summed E-state index contributed by atoms with van der Waals surface area (Å²) in [6.45, 7) is 0.313. The van der Waals surface area contributed by atoms with E-state index in [9.17, 15) is 22.8 Å². The van der Waals surface area contributed by atoms with Crippen LogP contribution in [0.3, 0.4) is 0 Å². The third kappa shape index (κ3) is 4.87. The number of furan rings is 1. The monoisotopic (exact) mass is 369 g/mol. The number of halogens is 3. The first-order valence-electron chi connectivity index (χ1n) is 7.82. The highest BCUT2D eigenvalue weighted by atomic mass is 19.4. The standard InChI is InChI=1S/C18H18F3NO4/c1-22(10-4-7-16(23)25-2)17(24)15-9-8-14(26-15)12-5-3-6-13(11-12)18(19,20)21/h3,5-6,8-9,11H,4,7,10H2,1-2H3. The first-order chi connectivity index (χ1) is 12.2. The Labute approximate surface area is 148 Å². The predicted octanol–water partition coefficient (Wildman–Crippen LogP) is 3.99. The van der Waals surface area contributed by atoms with E-state index in [1.54, 1.807) is 7.05 Å². The van der Waals surface area contributed by atoms with Crippen molar-refractivity contribution in [1.29, 1.82) is 0 Å². The Hall–Kier alpha value is -2.77. The molecule has 0 radical (unpaired) electrons. The van der Waals surface area contributed by atoms with Crippen LogP contribution in [-0.2, 0) is 15.7 Å². The van der Waals surface area contributed by atoms with Crippen molar-refractivity contribution < 1.29 is 31.9 Å². The van der Waals surface area contributed by atoms with Crippen LogP contribution < -0.4 is 0 Å². The summed E-state index contributed by atoms with van der Waals surface area (Å²) in [7, 11) is 2.83. The van der Waals surface area contributed by atoms with Gasteiger partial charge in [-0.1, -0.05) is 12.1 Å². The van der Waals surface area contributed by atoms with Gasteiger partial charge in [0.2, 0.25) is 0 Å². The minimum atomic E-state index is -4.46. The van der Waals surface area contributed by atoms with Gasteiger partial charge in [-0.05, 0) is 30.7 Å². The van der Waals surface area contributed by atoms with Crippen LogP contribution in [0.15, 0.2) is 40.8 Å². The average Bonchev–Trinajstić information content (AvgIpc) is 3.10. The first kappa shape index (κ1) is 19.6. The zero-order valence-corrected chi connectivity index (χ0v) is 14.3. The van der Waals surface area contributed by atoms with Crippen molar-refractivity contribution in [2.45, 2.75) is 19.0 Å². The number of rotatable bonds is 6. The number of hydrogen-bond acceptors (Lipinski definition) is 4. The SMILES string of the molecule is COC(=O)CCCN(C)C(=O)c1ccc(-c2cccc(C(F)(F)F)c2)o1. The Morgan fingerprint density at radius 2 is 1.92 bits per heavy atom. The van der Waals surface area contributed by atoms with E-state index < -0.39 is 17.6 Å². The second-order valence-electron chi connectivity index (χ2n) is 5.65. The second-order valence-corrected chi connectivity index (χ2v) is 5.65. The van der Waals surface area contributed by atoms with Gasteiger partial charge in [0, 0.05) is 25.6 Å². The smallest absolute Gasteiger partial charge is 0.416 e. The molecule has 8 heteroatoms. The lowest BCUT2D eigenvalue weighted by atomic mass is 10.1. The number of carbonyl (C=O) groups is 2. The molecule has 0 unspecified atom stereocenters. The van der Waals surface area contributed by atoms with Crippen molar-refractivity contribution in [2.24, 2.45) is 0 Å². The van der Waals surface area contributed by atoms with Gasteiger partial charge in [-0.25, -0.2) is 0 Å². The fourth-order valence-electron chi connectivity index (χ4n) is 2.31. The molecule has 0 aliphatic heterocycles. The van der Waals surface area contributed by atoms with E-state index in [0.717, 1.165) is 12.1 Å². The van der Waals surface area contributed by atoms with Crippen molar-refractivity contribution in [1.82, 2.24) is 4.90 Å². The molecular weight excluding hydrogens is 351 g/mol. The molecule has 1 amide bonds. The number of benzene rings is 1. The second kappa shape index (κ2) is 8.07. The van der Waals surface area contributed by atoms with E-state index in [1.807, 2.05) is 0 Å². The maximum Gasteiger partial charge on any atom is 0.416 e. The molecule has 26 heavy (non-hydrogen) atoms. The summed E-state index contributed by atoms with van der Waals surface area (Å²) in [6.07, 6.45) is -3.85. The Balaban J connectivity index is 2.07. The molecule has 0 saturated heterocycles. The molecule has 5 nitrogen and oxygen atoms in total. The lowest BCUT2D eigenvalue weighted by Crippen LogP contribution is -2.27. The highest BCUT2D eigenvalue weighted by molar-refractivity contribution is 5.92. The Bertz CT molecular complexity index is 783. The van der Waals surface area contributed by atoms with Gasteiger partial charge in [-0.15, -0.1) is 0 Å². The van der Waals surface area contributed by atoms with Gasteiger partial charge in [0.1, 0.15) is 5.76 Å². The molecule has 0 fully saturated rings. The Kier molecular flexibility index (Phi) is 6.07. The molecule has 0 N–H and O–H groups in total. The summed E-state index contributed by atoms with van der Waals surface area (Å²) in [5, 5.41) is 0. The third-order valence-electron chi connectivity index (χ3n) is 3.74. The van der Waals surface area contributed by atoms with Gasteiger partial charge in [-0.3, -0.25) is 9.59 Å². The average molecular weight is 369 g/mol. The molecule has 1 aromatic heterocycles. The summed E-state index contributed by atoms with van der Waals surface area (Å²) < 4.78 is 48.3. The highest BCUT2D eigenvalue weighted by Crippen LogP contribution is 2.32. The molecule has 0 atom stereocenters. The first-order valence-corrected chi connectivity index (χ1v) is 7.82. The number of ether oxygens (including phenoxy) is 1. The zero-order chi connectivity index (χ0) is 19.3. The van der Waals surface area contributed by atoms with Crippen molar-refractivity contribution in [3.63, 3.8) is 0 Å². The van der Waals surface area contributed by atoms with Crippen LogP contribution >= 0.6 is 0 Å². The third-order valence-corrected chi connectivity index (χ3v) is 3.74. The number of nitrogens with zero attached hydrogens (tertiary/aromatic N) is 1. The number of esters is 1. The topological polar surface area (TPSA) is 59.8 Å². The maximum absolute atomic E-state index is 12.8. The van der Waals surface area contributed by atoms with Crippen LogP contribution in [-0.4, -0.2) is 37.5 Å². The lowest BCUT2D eigenvalue weighted by molar-refractivity contribution is -0.140. The largest absolute Gasteiger partial charge is 0.469 e. The quantitative estimate of drug-likeness (QED) is 0.723. The summed E-state index contributed by atoms with van der Waals surface area (Å²) in [5.41, 5.74) is -0.563. The summed E-state index contributed by atoms with van der Waals surface area (Å²) in [5.74, 6) is -0.607. The van der Waals surface area contributed by atoms with Gasteiger partial charge in [-0.2, -0.15) is 13.2 Å². The summed E-state index contributed by atoms with van der Waals surface area (Å²) >= 11 is 0. The molecule has 1 aromatic carbocycles. The van der Waals surface area contributed by atoms with Crippen LogP contribution in [0.5, 0.6) is 0 Å². The maximum atomic E-state index is 12.8. The van der Waals surface area contributed by atoms with Crippen LogP contribution in [0.4, 0.5) is 13.2 Å². The zero-order valence-electron chi connectivity index (χ0n) is 14.3. The minimum absolute atomic E-state index is 0.0120. The van der Waals surface area contributed by atoms with E-state index in [1.165, 1.54) is 36.3 Å². The fourth-order valence-corrected chi connectivity index (χ4v) is 2.31. The van der Waals surface area contributed by atoms with Gasteiger partial charge in [0.15, 0.2) is 5.76 Å². The summed E-state index contributed by atoms with van der Waals surface area (Å²) in [6, 6.07) is 7.55. The molecule has 2 rings (SSSR count). The van der Waals surface area contributed by atoms with E-state index in [0.29, 0.717) is 13.0 Å². The van der Waals surface area contributed by atoms with Crippen molar-refractivity contribution in [3.05, 3.63) is 47.7 Å². The molecule has 0 spiro atoms. The number of alkyl halides is 3. The molecule has 0 bridgehead atoms. The fraction of sp³-hybridized carbons (Fsp3) is 0.333. The Morgan fingerprint density at radius 3 is 2.58 bits per heavy atom. The normalized spacial score (nSPS) is 11.3. The van der Waals surface area contributed by atoms with E-state index in [2.05, 4.69) is 4.74 Å². The van der Waals surface area contributed by atoms with E-state index in [4.69, 9.17) is 4.42 Å². The number of methoxy groups -OCH3 is 1. The van der Waals surface area contributed by atoms with Crippen molar-refractivity contribution in [2.75, 3.05) is 20.7 Å². The molecule has 2 aromatic rings. The number of hydrogen-bond donors (Lipinski definition) is 0. The van der Waals surface area contributed by atoms with Gasteiger partial charge in [0.05, 0.1) is 12.7 Å². The van der Waals surface area contributed by atoms with Crippen molar-refractivity contribution in [3.8, 4) is 11.3 Å². The Morgan fingerprint density at radius 1 is 1.19 bits per heavy atom. The summed E-state index contributed by atoms with van der Waals surface area (Å²) in [4.78, 5) is 24.7. The minimum Gasteiger partial charge on any atom is -0.469 e. The molecule has 140 valence electrons. The predicted molar refractivity (Wildman–Crippen MR) is 87.4 cm³/mol. The number of carbonyl (C=O) groups excluding carboxylic acids is 2. The van der Waals surface area contributed by atoms with Gasteiger partial charge >= 0.3 is 12.1 Å². The van der Waals surface area contributed by atoms with Crippen LogP contribution in [0.1, 0.15) is 29.0 Å². The molecule has 0 aliphatic rings. The van der Waals surface area contributed by atoms with Gasteiger partial charge in [0.25, 0.3) is 5.91 Å². The van der Waals surface area contributed by atoms with E-state index >= 15 is 0 Å².